The Labute approximate surface area is 190 Å². The van der Waals surface area contributed by atoms with Gasteiger partial charge in [-0.15, -0.1) is 0 Å². The molecule has 2 unspecified atom stereocenters. The van der Waals surface area contributed by atoms with Gasteiger partial charge in [0.15, 0.2) is 5.96 Å². The number of likely N-dealkylation sites (N-methyl/N-ethyl adjacent to an activating group) is 1. The van der Waals surface area contributed by atoms with Crippen LogP contribution in [0.5, 0.6) is 0 Å². The van der Waals surface area contributed by atoms with Crippen LogP contribution in [-0.2, 0) is 0 Å². The van der Waals surface area contributed by atoms with Crippen molar-refractivity contribution in [2.45, 2.75) is 37.9 Å². The minimum atomic E-state index is -0.534. The number of halogens is 2. The predicted octanol–water partition coefficient (Wildman–Crippen LogP) is 3.96. The highest BCUT2D eigenvalue weighted by molar-refractivity contribution is 5.80. The normalized spacial score (nSPS) is 17.9. The molecular weight excluding hydrogens is 408 g/mol. The van der Waals surface area contributed by atoms with E-state index in [1.54, 1.807) is 7.05 Å². The van der Waals surface area contributed by atoms with Gasteiger partial charge in [-0.1, -0.05) is 36.4 Å². The van der Waals surface area contributed by atoms with Crippen LogP contribution in [0.4, 0.5) is 8.78 Å². The van der Waals surface area contributed by atoms with Gasteiger partial charge in [0.1, 0.15) is 11.6 Å². The van der Waals surface area contributed by atoms with E-state index in [1.165, 1.54) is 23.8 Å². The maximum atomic E-state index is 14.3. The number of nitrogens with zero attached hydrogens (tertiary/aromatic N) is 3. The SMILES string of the molecule is CN=C(NCC(c1c(F)cccc1F)N(C)C)NC1CCN(C(C)c2ccccc2)CC1. The van der Waals surface area contributed by atoms with Crippen LogP contribution >= 0.6 is 0 Å². The van der Waals surface area contributed by atoms with E-state index in [-0.39, 0.29) is 5.56 Å². The zero-order chi connectivity index (χ0) is 23.1. The monoisotopic (exact) mass is 443 g/mol. The van der Waals surface area contributed by atoms with E-state index in [2.05, 4.69) is 51.7 Å². The standard InChI is InChI=1S/C25H35F2N5/c1-18(19-9-6-5-7-10-19)32-15-13-20(14-16-32)30-25(28-2)29-17-23(31(3)4)24-21(26)11-8-12-22(24)27/h5-12,18,20,23H,13-17H2,1-4H3,(H2,28,29,30). The van der Waals surface area contributed by atoms with E-state index < -0.39 is 17.7 Å². The number of hydrogen-bond donors (Lipinski definition) is 2. The minimum Gasteiger partial charge on any atom is -0.354 e. The van der Waals surface area contributed by atoms with Crippen molar-refractivity contribution in [3.05, 3.63) is 71.3 Å². The lowest BCUT2D eigenvalue weighted by Crippen LogP contribution is -2.50. The Bertz CT molecular complexity index is 859. The van der Waals surface area contributed by atoms with Crippen molar-refractivity contribution in [3.63, 3.8) is 0 Å². The third kappa shape index (κ3) is 6.04. The number of guanidine groups is 1. The van der Waals surface area contributed by atoms with Crippen LogP contribution in [0.15, 0.2) is 53.5 Å². The highest BCUT2D eigenvalue weighted by atomic mass is 19.1. The lowest BCUT2D eigenvalue weighted by atomic mass is 10.0. The molecule has 0 radical (unpaired) electrons. The van der Waals surface area contributed by atoms with Gasteiger partial charge in [-0.05, 0) is 51.6 Å². The Morgan fingerprint density at radius 1 is 1.06 bits per heavy atom. The van der Waals surface area contributed by atoms with Crippen molar-refractivity contribution in [2.24, 2.45) is 4.99 Å². The summed E-state index contributed by atoms with van der Waals surface area (Å²) in [6, 6.07) is 14.8. The van der Waals surface area contributed by atoms with Crippen LogP contribution < -0.4 is 10.6 Å². The maximum Gasteiger partial charge on any atom is 0.191 e. The zero-order valence-electron chi connectivity index (χ0n) is 19.5. The molecule has 0 amide bonds. The number of rotatable bonds is 7. The van der Waals surface area contributed by atoms with Gasteiger partial charge in [0.25, 0.3) is 0 Å². The number of piperidine rings is 1. The van der Waals surface area contributed by atoms with Crippen molar-refractivity contribution < 1.29 is 8.78 Å². The second-order valence-electron chi connectivity index (χ2n) is 8.61. The van der Waals surface area contributed by atoms with Crippen LogP contribution in [-0.4, -0.2) is 62.6 Å². The second kappa shape index (κ2) is 11.4. The summed E-state index contributed by atoms with van der Waals surface area (Å²) >= 11 is 0. The number of benzene rings is 2. The summed E-state index contributed by atoms with van der Waals surface area (Å²) in [7, 11) is 5.35. The summed E-state index contributed by atoms with van der Waals surface area (Å²) in [6.07, 6.45) is 2.02. The molecule has 5 nitrogen and oxygen atoms in total. The topological polar surface area (TPSA) is 42.9 Å². The molecule has 1 saturated heterocycles. The van der Waals surface area contributed by atoms with Gasteiger partial charge in [-0.25, -0.2) is 8.78 Å². The van der Waals surface area contributed by atoms with E-state index in [0.717, 1.165) is 25.9 Å². The van der Waals surface area contributed by atoms with Gasteiger partial charge in [-0.3, -0.25) is 9.89 Å². The highest BCUT2D eigenvalue weighted by Crippen LogP contribution is 2.25. The van der Waals surface area contributed by atoms with Gasteiger partial charge >= 0.3 is 0 Å². The lowest BCUT2D eigenvalue weighted by molar-refractivity contribution is 0.158. The third-order valence-corrected chi connectivity index (χ3v) is 6.34. The Hall–Kier alpha value is -2.51. The summed E-state index contributed by atoms with van der Waals surface area (Å²) in [4.78, 5) is 8.65. The maximum absolute atomic E-state index is 14.3. The van der Waals surface area contributed by atoms with Crippen LogP contribution in [0.25, 0.3) is 0 Å². The summed E-state index contributed by atoms with van der Waals surface area (Å²) in [6.45, 7) is 4.61. The molecule has 2 N–H and O–H groups in total. The first-order chi connectivity index (χ1) is 15.4. The molecule has 2 atom stereocenters. The van der Waals surface area contributed by atoms with E-state index in [0.29, 0.717) is 24.6 Å². The third-order valence-electron chi connectivity index (χ3n) is 6.34. The molecule has 0 saturated carbocycles. The Morgan fingerprint density at radius 2 is 1.69 bits per heavy atom. The average molecular weight is 444 g/mol. The molecule has 1 heterocycles. The smallest absolute Gasteiger partial charge is 0.191 e. The first kappa shape index (κ1) is 24.1. The van der Waals surface area contributed by atoms with Crippen LogP contribution in [0.2, 0.25) is 0 Å². The molecule has 3 rings (SSSR count). The number of hydrogen-bond acceptors (Lipinski definition) is 3. The van der Waals surface area contributed by atoms with Gasteiger partial charge in [0.2, 0.25) is 0 Å². The van der Waals surface area contributed by atoms with Crippen molar-refractivity contribution in [2.75, 3.05) is 40.8 Å². The van der Waals surface area contributed by atoms with Crippen LogP contribution in [0.1, 0.15) is 43.0 Å². The molecule has 1 fully saturated rings. The number of aliphatic imine (C=N–C) groups is 1. The van der Waals surface area contributed by atoms with E-state index in [4.69, 9.17) is 0 Å². The first-order valence-electron chi connectivity index (χ1n) is 11.3. The fourth-order valence-electron chi connectivity index (χ4n) is 4.33. The van der Waals surface area contributed by atoms with Crippen molar-refractivity contribution >= 4 is 5.96 Å². The molecule has 174 valence electrons. The summed E-state index contributed by atoms with van der Waals surface area (Å²) in [5, 5.41) is 6.75. The van der Waals surface area contributed by atoms with Crippen LogP contribution in [0, 0.1) is 11.6 Å². The van der Waals surface area contributed by atoms with E-state index >= 15 is 0 Å². The lowest BCUT2D eigenvalue weighted by Gasteiger charge is -2.37. The molecule has 1 aliphatic heterocycles. The van der Waals surface area contributed by atoms with E-state index in [9.17, 15) is 8.78 Å². The van der Waals surface area contributed by atoms with Gasteiger partial charge in [-0.2, -0.15) is 0 Å². The van der Waals surface area contributed by atoms with Gasteiger partial charge < -0.3 is 15.5 Å². The minimum absolute atomic E-state index is 0.0728. The molecule has 0 aliphatic carbocycles. The summed E-state index contributed by atoms with van der Waals surface area (Å²) in [5.41, 5.74) is 1.41. The van der Waals surface area contributed by atoms with Crippen molar-refractivity contribution in [1.82, 2.24) is 20.4 Å². The number of nitrogens with one attached hydrogen (secondary N) is 2. The Morgan fingerprint density at radius 3 is 2.25 bits per heavy atom. The fourth-order valence-corrected chi connectivity index (χ4v) is 4.33. The van der Waals surface area contributed by atoms with E-state index in [1.807, 2.05) is 25.1 Å². The van der Waals surface area contributed by atoms with Crippen LogP contribution in [0.3, 0.4) is 0 Å². The van der Waals surface area contributed by atoms with Gasteiger partial charge in [0, 0.05) is 44.3 Å². The summed E-state index contributed by atoms with van der Waals surface area (Å²) in [5.74, 6) is -0.412. The highest BCUT2D eigenvalue weighted by Gasteiger charge is 2.25. The molecule has 0 spiro atoms. The van der Waals surface area contributed by atoms with Crippen molar-refractivity contribution in [3.8, 4) is 0 Å². The quantitative estimate of drug-likeness (QED) is 0.502. The predicted molar refractivity (Wildman–Crippen MR) is 127 cm³/mol. The van der Waals surface area contributed by atoms with Gasteiger partial charge in [0.05, 0.1) is 6.04 Å². The largest absolute Gasteiger partial charge is 0.354 e. The summed E-state index contributed by atoms with van der Waals surface area (Å²) < 4.78 is 28.6. The fraction of sp³-hybridized carbons (Fsp3) is 0.480. The molecule has 7 heteroatoms. The first-order valence-corrected chi connectivity index (χ1v) is 11.3. The molecular formula is C25H35F2N5. The molecule has 32 heavy (non-hydrogen) atoms. The average Bonchev–Trinajstić information content (AvgIpc) is 2.80. The van der Waals surface area contributed by atoms with Crippen molar-refractivity contribution in [1.29, 1.82) is 0 Å². The zero-order valence-corrected chi connectivity index (χ0v) is 19.5. The second-order valence-corrected chi connectivity index (χ2v) is 8.61. The molecule has 2 aromatic rings. The molecule has 1 aliphatic rings. The number of likely N-dealkylation sites (tertiary alicyclic amines) is 1. The Kier molecular flexibility index (Phi) is 8.59. The molecule has 0 aromatic heterocycles. The Balaban J connectivity index is 1.54. The molecule has 0 bridgehead atoms. The molecule has 2 aromatic carbocycles.